The highest BCUT2D eigenvalue weighted by Crippen LogP contribution is 2.22. The largest absolute Gasteiger partial charge is 0.396 e. The number of aliphatic hydroxyl groups is 1. The summed E-state index contributed by atoms with van der Waals surface area (Å²) in [6, 6.07) is 0. The molecule has 0 aliphatic carbocycles. The van der Waals surface area contributed by atoms with Crippen LogP contribution < -0.4 is 0 Å². The summed E-state index contributed by atoms with van der Waals surface area (Å²) >= 11 is 0. The van der Waals surface area contributed by atoms with Crippen LogP contribution >= 0.6 is 0 Å². The highest BCUT2D eigenvalue weighted by molar-refractivity contribution is 5.04. The van der Waals surface area contributed by atoms with Gasteiger partial charge >= 0.3 is 0 Å². The van der Waals surface area contributed by atoms with Crippen LogP contribution in [0.15, 0.2) is 12.4 Å². The lowest BCUT2D eigenvalue weighted by Crippen LogP contribution is -2.07. The molecule has 0 radical (unpaired) electrons. The van der Waals surface area contributed by atoms with Crippen LogP contribution in [0.5, 0.6) is 0 Å². The molecule has 1 N–H and O–H groups in total. The third kappa shape index (κ3) is 2.13. The number of rotatable bonds is 4. The van der Waals surface area contributed by atoms with E-state index in [1.54, 1.807) is 0 Å². The van der Waals surface area contributed by atoms with Gasteiger partial charge in [0.1, 0.15) is 6.23 Å². The zero-order valence-electron chi connectivity index (χ0n) is 8.22. The first-order chi connectivity index (χ1) is 6.90. The van der Waals surface area contributed by atoms with Crippen molar-refractivity contribution in [2.24, 2.45) is 0 Å². The summed E-state index contributed by atoms with van der Waals surface area (Å²) < 4.78 is 7.40. The Morgan fingerprint density at radius 1 is 1.64 bits per heavy atom. The lowest BCUT2D eigenvalue weighted by atomic mass is 10.2. The molecule has 0 bridgehead atoms. The fourth-order valence-electron chi connectivity index (χ4n) is 1.72. The minimum atomic E-state index is 0.137. The Labute approximate surface area is 83.5 Å². The minimum Gasteiger partial charge on any atom is -0.396 e. The minimum absolute atomic E-state index is 0.137. The molecule has 0 saturated carbocycles. The second-order valence-electron chi connectivity index (χ2n) is 3.62. The van der Waals surface area contributed by atoms with E-state index >= 15 is 0 Å². The summed E-state index contributed by atoms with van der Waals surface area (Å²) in [5.41, 5.74) is 1.18. The van der Waals surface area contributed by atoms with Crippen molar-refractivity contribution < 1.29 is 9.84 Å². The molecule has 0 aromatic carbocycles. The van der Waals surface area contributed by atoms with Gasteiger partial charge in [-0.25, -0.2) is 4.68 Å². The summed E-state index contributed by atoms with van der Waals surface area (Å²) in [5, 5.41) is 13.0. The predicted octanol–water partition coefficient (Wildman–Crippen LogP) is 1.12. The SMILES string of the molecule is OCCCc1cnn(C2CCCO2)c1. The number of nitrogens with zero attached hydrogens (tertiary/aromatic N) is 2. The lowest BCUT2D eigenvalue weighted by Gasteiger charge is -2.08. The van der Waals surface area contributed by atoms with E-state index in [0.717, 1.165) is 32.3 Å². The number of hydrogen-bond donors (Lipinski definition) is 1. The summed E-state index contributed by atoms with van der Waals surface area (Å²) in [7, 11) is 0. The number of hydrogen-bond acceptors (Lipinski definition) is 3. The van der Waals surface area contributed by atoms with E-state index in [0.29, 0.717) is 0 Å². The maximum atomic E-state index is 8.69. The maximum absolute atomic E-state index is 8.69. The molecule has 4 heteroatoms. The van der Waals surface area contributed by atoms with E-state index in [2.05, 4.69) is 5.10 Å². The monoisotopic (exact) mass is 196 g/mol. The van der Waals surface area contributed by atoms with Crippen molar-refractivity contribution in [3.8, 4) is 0 Å². The zero-order chi connectivity index (χ0) is 9.80. The van der Waals surface area contributed by atoms with E-state index in [1.807, 2.05) is 17.1 Å². The van der Waals surface area contributed by atoms with Crippen molar-refractivity contribution in [1.29, 1.82) is 0 Å². The van der Waals surface area contributed by atoms with Crippen molar-refractivity contribution in [3.63, 3.8) is 0 Å². The highest BCUT2D eigenvalue weighted by Gasteiger charge is 2.17. The molecule has 1 fully saturated rings. The molecule has 0 spiro atoms. The zero-order valence-corrected chi connectivity index (χ0v) is 8.22. The van der Waals surface area contributed by atoms with E-state index in [-0.39, 0.29) is 12.8 Å². The Bertz CT molecular complexity index is 279. The molecule has 78 valence electrons. The van der Waals surface area contributed by atoms with Gasteiger partial charge in [-0.3, -0.25) is 0 Å². The molecule has 4 nitrogen and oxygen atoms in total. The van der Waals surface area contributed by atoms with Crippen LogP contribution in [0.4, 0.5) is 0 Å². The van der Waals surface area contributed by atoms with Gasteiger partial charge in [-0.15, -0.1) is 0 Å². The highest BCUT2D eigenvalue weighted by atomic mass is 16.5. The van der Waals surface area contributed by atoms with E-state index in [1.165, 1.54) is 5.56 Å². The normalized spacial score (nSPS) is 21.6. The quantitative estimate of drug-likeness (QED) is 0.785. The molecule has 1 unspecified atom stereocenters. The number of ether oxygens (including phenoxy) is 1. The van der Waals surface area contributed by atoms with Crippen molar-refractivity contribution in [3.05, 3.63) is 18.0 Å². The van der Waals surface area contributed by atoms with Gasteiger partial charge in [-0.2, -0.15) is 5.10 Å². The topological polar surface area (TPSA) is 47.3 Å². The van der Waals surface area contributed by atoms with Crippen LogP contribution in [0.2, 0.25) is 0 Å². The van der Waals surface area contributed by atoms with Crippen LogP contribution in [0.1, 0.15) is 31.1 Å². The lowest BCUT2D eigenvalue weighted by molar-refractivity contribution is 0.0467. The van der Waals surface area contributed by atoms with Gasteiger partial charge in [0.2, 0.25) is 0 Å². The van der Waals surface area contributed by atoms with Crippen molar-refractivity contribution in [2.45, 2.75) is 31.9 Å². The van der Waals surface area contributed by atoms with Crippen molar-refractivity contribution >= 4 is 0 Å². The molecule has 1 aromatic heterocycles. The smallest absolute Gasteiger partial charge is 0.150 e. The Morgan fingerprint density at radius 2 is 2.57 bits per heavy atom. The van der Waals surface area contributed by atoms with E-state index in [4.69, 9.17) is 9.84 Å². The maximum Gasteiger partial charge on any atom is 0.150 e. The molecule has 2 heterocycles. The first-order valence-electron chi connectivity index (χ1n) is 5.15. The van der Waals surface area contributed by atoms with E-state index in [9.17, 15) is 0 Å². The number of aromatic nitrogens is 2. The summed E-state index contributed by atoms with van der Waals surface area (Å²) in [4.78, 5) is 0. The van der Waals surface area contributed by atoms with Crippen LogP contribution in [0.25, 0.3) is 0 Å². The standard InChI is InChI=1S/C10H16N2O2/c13-5-1-3-9-7-11-12(8-9)10-4-2-6-14-10/h7-8,10,13H,1-6H2. The summed E-state index contributed by atoms with van der Waals surface area (Å²) in [5.74, 6) is 0. The average molecular weight is 196 g/mol. The second kappa shape index (κ2) is 4.57. The number of aliphatic hydroxyl groups excluding tert-OH is 1. The van der Waals surface area contributed by atoms with Gasteiger partial charge in [0.05, 0.1) is 6.20 Å². The van der Waals surface area contributed by atoms with E-state index < -0.39 is 0 Å². The van der Waals surface area contributed by atoms with Gasteiger partial charge in [-0.1, -0.05) is 0 Å². The summed E-state index contributed by atoms with van der Waals surface area (Å²) in [6.07, 6.45) is 7.89. The van der Waals surface area contributed by atoms with Crippen LogP contribution in [-0.2, 0) is 11.2 Å². The first kappa shape index (κ1) is 9.68. The van der Waals surface area contributed by atoms with Gasteiger partial charge < -0.3 is 9.84 Å². The molecule has 1 aromatic rings. The molecule has 2 rings (SSSR count). The number of aryl methyl sites for hydroxylation is 1. The van der Waals surface area contributed by atoms with Crippen LogP contribution in [-0.4, -0.2) is 28.1 Å². The first-order valence-corrected chi connectivity index (χ1v) is 5.15. The fraction of sp³-hybridized carbons (Fsp3) is 0.700. The van der Waals surface area contributed by atoms with Crippen molar-refractivity contribution in [2.75, 3.05) is 13.2 Å². The Morgan fingerprint density at radius 3 is 3.29 bits per heavy atom. The molecule has 1 saturated heterocycles. The third-order valence-corrected chi connectivity index (χ3v) is 2.48. The molecule has 0 amide bonds. The predicted molar refractivity (Wildman–Crippen MR) is 51.9 cm³/mol. The Kier molecular flexibility index (Phi) is 3.16. The van der Waals surface area contributed by atoms with Gasteiger partial charge in [-0.05, 0) is 31.2 Å². The molecule has 1 aliphatic rings. The fourth-order valence-corrected chi connectivity index (χ4v) is 1.72. The van der Waals surface area contributed by atoms with Crippen LogP contribution in [0.3, 0.4) is 0 Å². The van der Waals surface area contributed by atoms with Crippen LogP contribution in [0, 0.1) is 0 Å². The van der Waals surface area contributed by atoms with Crippen molar-refractivity contribution in [1.82, 2.24) is 9.78 Å². The van der Waals surface area contributed by atoms with Gasteiger partial charge in [0.15, 0.2) is 0 Å². The third-order valence-electron chi connectivity index (χ3n) is 2.48. The molecular weight excluding hydrogens is 180 g/mol. The second-order valence-corrected chi connectivity index (χ2v) is 3.62. The van der Waals surface area contributed by atoms with Gasteiger partial charge in [0.25, 0.3) is 0 Å². The average Bonchev–Trinajstić information content (AvgIpc) is 2.85. The Balaban J connectivity index is 1.94. The van der Waals surface area contributed by atoms with Gasteiger partial charge in [0, 0.05) is 19.4 Å². The molecular formula is C10H16N2O2. The molecule has 1 atom stereocenters. The summed E-state index contributed by atoms with van der Waals surface area (Å²) in [6.45, 7) is 1.08. The Hall–Kier alpha value is -0.870. The molecule has 1 aliphatic heterocycles. The molecule has 14 heavy (non-hydrogen) atoms.